The number of nitriles is 1. The number of hydrogen-bond donors (Lipinski definition) is 2. The average Bonchev–Trinajstić information content (AvgIpc) is 3.21. The van der Waals surface area contributed by atoms with Crippen LogP contribution in [0.1, 0.15) is 36.6 Å². The molecule has 30 heavy (non-hydrogen) atoms. The first-order chi connectivity index (χ1) is 14.6. The molecule has 2 N–H and O–H groups in total. The van der Waals surface area contributed by atoms with Crippen LogP contribution >= 0.6 is 0 Å². The summed E-state index contributed by atoms with van der Waals surface area (Å²) in [7, 11) is 0. The van der Waals surface area contributed by atoms with Crippen molar-refractivity contribution >= 4 is 5.78 Å². The topological polar surface area (TPSA) is 89.8 Å². The molecule has 5 nitrogen and oxygen atoms in total. The van der Waals surface area contributed by atoms with Crippen LogP contribution < -0.4 is 0 Å². The van der Waals surface area contributed by atoms with Gasteiger partial charge in [-0.3, -0.25) is 9.89 Å². The second kappa shape index (κ2) is 6.84. The van der Waals surface area contributed by atoms with E-state index in [1.807, 2.05) is 37.3 Å². The fourth-order valence-electron chi connectivity index (χ4n) is 5.79. The Morgan fingerprint density at radius 2 is 2.00 bits per heavy atom. The van der Waals surface area contributed by atoms with Gasteiger partial charge < -0.3 is 5.11 Å². The van der Waals surface area contributed by atoms with Gasteiger partial charge in [0.05, 0.1) is 11.8 Å². The summed E-state index contributed by atoms with van der Waals surface area (Å²) in [5.74, 6) is -0.441. The van der Waals surface area contributed by atoms with E-state index in [0.29, 0.717) is 6.42 Å². The molecule has 0 saturated heterocycles. The second-order valence-corrected chi connectivity index (χ2v) is 8.54. The van der Waals surface area contributed by atoms with Gasteiger partial charge in [-0.25, -0.2) is 0 Å². The van der Waals surface area contributed by atoms with E-state index >= 15 is 0 Å². The Labute approximate surface area is 175 Å². The van der Waals surface area contributed by atoms with Crippen molar-refractivity contribution in [2.45, 2.75) is 31.6 Å². The van der Waals surface area contributed by atoms with E-state index in [2.05, 4.69) is 28.4 Å². The van der Waals surface area contributed by atoms with Crippen molar-refractivity contribution in [1.29, 1.82) is 5.26 Å². The van der Waals surface area contributed by atoms with Crippen LogP contribution in [0, 0.1) is 29.1 Å². The number of benzene rings is 2. The number of phenols is 1. The third kappa shape index (κ3) is 2.53. The van der Waals surface area contributed by atoms with E-state index in [0.717, 1.165) is 40.9 Å². The predicted octanol–water partition coefficient (Wildman–Crippen LogP) is 4.38. The zero-order valence-electron chi connectivity index (χ0n) is 16.8. The molecule has 1 saturated carbocycles. The number of Topliss-reactive ketones (excluding diaryl/α,β-unsaturated/α-hetero) is 1. The van der Waals surface area contributed by atoms with E-state index < -0.39 is 11.3 Å². The molecule has 0 bridgehead atoms. The summed E-state index contributed by atoms with van der Waals surface area (Å²) >= 11 is 0. The lowest BCUT2D eigenvalue weighted by Crippen LogP contribution is -2.52. The quantitative estimate of drug-likeness (QED) is 0.671. The molecule has 2 aliphatic rings. The lowest BCUT2D eigenvalue weighted by atomic mass is 9.51. The zero-order chi connectivity index (χ0) is 20.9. The van der Waals surface area contributed by atoms with Gasteiger partial charge in [0.25, 0.3) is 0 Å². The van der Waals surface area contributed by atoms with E-state index in [-0.39, 0.29) is 23.4 Å². The molecule has 0 aliphatic heterocycles. The first kappa shape index (κ1) is 18.6. The molecule has 5 heteroatoms. The second-order valence-electron chi connectivity index (χ2n) is 8.54. The van der Waals surface area contributed by atoms with Gasteiger partial charge in [-0.15, -0.1) is 0 Å². The van der Waals surface area contributed by atoms with Crippen molar-refractivity contribution < 1.29 is 9.90 Å². The van der Waals surface area contributed by atoms with Crippen LogP contribution in [0.3, 0.4) is 0 Å². The summed E-state index contributed by atoms with van der Waals surface area (Å²) in [4.78, 5) is 12.9. The van der Waals surface area contributed by atoms with Gasteiger partial charge in [0.1, 0.15) is 11.7 Å². The lowest BCUT2D eigenvalue weighted by Gasteiger charge is -2.50. The number of H-pyrrole nitrogens is 1. The van der Waals surface area contributed by atoms with E-state index in [4.69, 9.17) is 0 Å². The minimum Gasteiger partial charge on any atom is -0.508 e. The Balaban J connectivity index is 1.75. The fraction of sp³-hybridized carbons (Fsp3) is 0.320. The summed E-state index contributed by atoms with van der Waals surface area (Å²) in [6.45, 7) is 1.98. The number of phenolic OH excluding ortho intramolecular Hbond substituents is 1. The number of rotatable bonds is 2. The minimum absolute atomic E-state index is 0.0604. The Bertz CT molecular complexity index is 1160. The van der Waals surface area contributed by atoms with Crippen LogP contribution in [0.25, 0.3) is 11.3 Å². The largest absolute Gasteiger partial charge is 0.508 e. The average molecular weight is 397 g/mol. The maximum absolute atomic E-state index is 12.9. The molecule has 2 unspecified atom stereocenters. The first-order valence-electron chi connectivity index (χ1n) is 10.4. The molecule has 0 radical (unpaired) electrons. The first-order valence-corrected chi connectivity index (χ1v) is 10.4. The molecule has 5 rings (SSSR count). The molecule has 4 atom stereocenters. The number of nitrogens with one attached hydrogen (secondary N) is 1. The minimum atomic E-state index is -0.630. The zero-order valence-corrected chi connectivity index (χ0v) is 16.8. The molecule has 3 aromatic rings. The Kier molecular flexibility index (Phi) is 4.25. The van der Waals surface area contributed by atoms with Crippen LogP contribution in [0.5, 0.6) is 5.75 Å². The fourth-order valence-corrected chi connectivity index (χ4v) is 5.79. The maximum atomic E-state index is 12.9. The Morgan fingerprint density at radius 1 is 1.20 bits per heavy atom. The van der Waals surface area contributed by atoms with Gasteiger partial charge in [-0.1, -0.05) is 49.4 Å². The van der Waals surface area contributed by atoms with E-state index in [1.165, 1.54) is 0 Å². The number of nitrogens with zero attached hydrogens (tertiary/aromatic N) is 2. The van der Waals surface area contributed by atoms with Crippen LogP contribution in [0.15, 0.2) is 54.6 Å². The molecule has 150 valence electrons. The van der Waals surface area contributed by atoms with Crippen LogP contribution in [-0.4, -0.2) is 21.1 Å². The number of carbonyl (C=O) groups excluding carboxylic acids is 1. The smallest absolute Gasteiger partial charge is 0.153 e. The lowest BCUT2D eigenvalue weighted by molar-refractivity contribution is -0.131. The highest BCUT2D eigenvalue weighted by molar-refractivity contribution is 5.87. The molecule has 0 amide bonds. The van der Waals surface area contributed by atoms with Gasteiger partial charge in [-0.2, -0.15) is 10.4 Å². The molecule has 1 heterocycles. The summed E-state index contributed by atoms with van der Waals surface area (Å²) in [6, 6.07) is 19.6. The SMILES string of the molecule is C[C@@H]1C(=O)C(C#N)C[C@@]2(c3ccccc3)c3[nH]nc(-c4cccc(O)c4)c3CCC12. The van der Waals surface area contributed by atoms with Crippen molar-refractivity contribution in [2.75, 3.05) is 0 Å². The van der Waals surface area contributed by atoms with Gasteiger partial charge in [-0.05, 0) is 42.9 Å². The molecule has 2 aromatic carbocycles. The molecule has 2 aliphatic carbocycles. The number of hydrogen-bond acceptors (Lipinski definition) is 4. The van der Waals surface area contributed by atoms with Crippen LogP contribution in [-0.2, 0) is 16.6 Å². The van der Waals surface area contributed by atoms with Crippen molar-refractivity contribution in [3.8, 4) is 23.1 Å². The van der Waals surface area contributed by atoms with Crippen LogP contribution in [0.2, 0.25) is 0 Å². The molecular weight excluding hydrogens is 374 g/mol. The Morgan fingerprint density at radius 3 is 2.73 bits per heavy atom. The predicted molar refractivity (Wildman–Crippen MR) is 113 cm³/mol. The summed E-state index contributed by atoms with van der Waals surface area (Å²) in [5, 5.41) is 27.7. The number of carbonyl (C=O) groups is 1. The third-order valence-corrected chi connectivity index (χ3v) is 7.14. The summed E-state index contributed by atoms with van der Waals surface area (Å²) in [5.41, 5.74) is 4.52. The van der Waals surface area contributed by atoms with Gasteiger partial charge >= 0.3 is 0 Å². The highest BCUT2D eigenvalue weighted by Crippen LogP contribution is 2.56. The standard InChI is InChI=1S/C25H23N3O2/c1-15-21-11-10-20-22(16-6-5-9-19(29)12-16)27-28-24(20)25(21,13-17(14-26)23(15)30)18-7-3-2-4-8-18/h2-9,12,15,17,21,29H,10-11,13H2,1H3,(H,27,28)/t15-,17?,21?,25-/m0/s1. The number of fused-ring (bicyclic) bond motifs is 3. The van der Waals surface area contributed by atoms with Crippen molar-refractivity contribution in [1.82, 2.24) is 10.2 Å². The van der Waals surface area contributed by atoms with E-state index in [9.17, 15) is 15.2 Å². The third-order valence-electron chi connectivity index (χ3n) is 7.14. The number of aromatic nitrogens is 2. The number of ketones is 1. The molecule has 1 aromatic heterocycles. The monoisotopic (exact) mass is 397 g/mol. The van der Waals surface area contributed by atoms with Crippen molar-refractivity contribution in [3.05, 3.63) is 71.4 Å². The highest BCUT2D eigenvalue weighted by Gasteiger charge is 2.56. The number of aromatic amines is 1. The molecule has 1 fully saturated rings. The van der Waals surface area contributed by atoms with Crippen molar-refractivity contribution in [2.24, 2.45) is 17.8 Å². The molecule has 0 spiro atoms. The van der Waals surface area contributed by atoms with Crippen LogP contribution in [0.4, 0.5) is 0 Å². The van der Waals surface area contributed by atoms with Crippen molar-refractivity contribution in [3.63, 3.8) is 0 Å². The van der Waals surface area contributed by atoms with Gasteiger partial charge in [0, 0.05) is 28.2 Å². The van der Waals surface area contributed by atoms with Gasteiger partial charge in [0.2, 0.25) is 0 Å². The number of aromatic hydroxyl groups is 1. The Hall–Kier alpha value is -3.39. The summed E-state index contributed by atoms with van der Waals surface area (Å²) < 4.78 is 0. The maximum Gasteiger partial charge on any atom is 0.153 e. The normalized spacial score (nSPS) is 27.7. The highest BCUT2D eigenvalue weighted by atomic mass is 16.3. The van der Waals surface area contributed by atoms with E-state index in [1.54, 1.807) is 12.1 Å². The summed E-state index contributed by atoms with van der Waals surface area (Å²) in [6.07, 6.45) is 2.14. The molecular formula is C25H23N3O2. The van der Waals surface area contributed by atoms with Gasteiger partial charge in [0.15, 0.2) is 5.78 Å².